The van der Waals surface area contributed by atoms with E-state index in [2.05, 4.69) is 5.32 Å². The van der Waals surface area contributed by atoms with Gasteiger partial charge in [0.15, 0.2) is 22.2 Å². The van der Waals surface area contributed by atoms with Gasteiger partial charge in [0.1, 0.15) is 22.5 Å². The van der Waals surface area contributed by atoms with Crippen molar-refractivity contribution in [3.05, 3.63) is 48.0 Å². The van der Waals surface area contributed by atoms with Crippen LogP contribution in [0.2, 0.25) is 0 Å². The largest absolute Gasteiger partial charge is 0.495 e. The molecule has 1 heterocycles. The van der Waals surface area contributed by atoms with Crippen molar-refractivity contribution in [3.63, 3.8) is 0 Å². The first-order chi connectivity index (χ1) is 15.7. The fourth-order valence-electron chi connectivity index (χ4n) is 3.46. The third-order valence-corrected chi connectivity index (χ3v) is 7.21. The second kappa shape index (κ2) is 10.0. The zero-order valence-corrected chi connectivity index (χ0v) is 19.5. The van der Waals surface area contributed by atoms with Crippen LogP contribution in [-0.4, -0.2) is 57.3 Å². The number of nitrogens with one attached hydrogen (secondary N) is 1. The minimum absolute atomic E-state index is 0.0909. The van der Waals surface area contributed by atoms with Crippen LogP contribution in [0.25, 0.3) is 0 Å². The van der Waals surface area contributed by atoms with Crippen molar-refractivity contribution < 1.29 is 32.3 Å². The Balaban J connectivity index is 1.77. The van der Waals surface area contributed by atoms with E-state index >= 15 is 0 Å². The van der Waals surface area contributed by atoms with E-state index in [-0.39, 0.29) is 18.1 Å². The highest BCUT2D eigenvalue weighted by molar-refractivity contribution is 7.93. The summed E-state index contributed by atoms with van der Waals surface area (Å²) in [6.45, 7) is 3.53. The van der Waals surface area contributed by atoms with Crippen LogP contribution < -0.4 is 19.7 Å². The van der Waals surface area contributed by atoms with Crippen LogP contribution in [-0.2, 0) is 19.4 Å². The first-order valence-corrected chi connectivity index (χ1v) is 12.1. The van der Waals surface area contributed by atoms with E-state index in [4.69, 9.17) is 9.47 Å². The van der Waals surface area contributed by atoms with Crippen molar-refractivity contribution in [2.75, 3.05) is 36.2 Å². The van der Waals surface area contributed by atoms with E-state index < -0.39 is 32.5 Å². The second-order valence-corrected chi connectivity index (χ2v) is 9.90. The normalized spacial score (nSPS) is 14.2. The SMILES string of the molecule is CCCN1C(=O)COc2ccc(C(=O)C(C)S(=O)(=O)CC(=O)Nc3ccccc3OC)cc21. The number of carbonyl (C=O) groups excluding carboxylic acids is 3. The lowest BCUT2D eigenvalue weighted by Crippen LogP contribution is -2.39. The predicted octanol–water partition coefficient (Wildman–Crippen LogP) is 2.46. The molecule has 1 unspecified atom stereocenters. The van der Waals surface area contributed by atoms with Gasteiger partial charge in [-0.05, 0) is 43.7 Å². The molecule has 0 saturated heterocycles. The molecule has 3 rings (SSSR count). The Bertz CT molecular complexity index is 1180. The summed E-state index contributed by atoms with van der Waals surface area (Å²) in [6.07, 6.45) is 0.704. The molecular weight excluding hydrogens is 448 g/mol. The van der Waals surface area contributed by atoms with Crippen molar-refractivity contribution in [1.82, 2.24) is 0 Å². The van der Waals surface area contributed by atoms with Gasteiger partial charge in [-0.15, -0.1) is 0 Å². The molecule has 0 aliphatic carbocycles. The van der Waals surface area contributed by atoms with Gasteiger partial charge in [0.25, 0.3) is 5.91 Å². The monoisotopic (exact) mass is 474 g/mol. The lowest BCUT2D eigenvalue weighted by atomic mass is 10.1. The molecule has 33 heavy (non-hydrogen) atoms. The predicted molar refractivity (Wildman–Crippen MR) is 124 cm³/mol. The number of para-hydroxylation sites is 2. The Labute approximate surface area is 192 Å². The van der Waals surface area contributed by atoms with Gasteiger partial charge in [0, 0.05) is 12.1 Å². The Kier molecular flexibility index (Phi) is 7.37. The summed E-state index contributed by atoms with van der Waals surface area (Å²) >= 11 is 0. The molecule has 2 amide bonds. The number of ether oxygens (including phenoxy) is 2. The molecular formula is C23H26N2O7S. The van der Waals surface area contributed by atoms with E-state index in [1.54, 1.807) is 30.3 Å². The minimum Gasteiger partial charge on any atom is -0.495 e. The van der Waals surface area contributed by atoms with E-state index in [1.165, 1.54) is 31.1 Å². The van der Waals surface area contributed by atoms with Crippen LogP contribution in [0.4, 0.5) is 11.4 Å². The molecule has 0 aromatic heterocycles. The van der Waals surface area contributed by atoms with Crippen LogP contribution >= 0.6 is 0 Å². The summed E-state index contributed by atoms with van der Waals surface area (Å²) in [5.74, 6) is -1.72. The molecule has 1 N–H and O–H groups in total. The number of Topliss-reactive ketones (excluding diaryl/α,β-unsaturated/α-hetero) is 1. The number of hydrogen-bond acceptors (Lipinski definition) is 7. The maximum Gasteiger partial charge on any atom is 0.265 e. The lowest BCUT2D eigenvalue weighted by molar-refractivity contribution is -0.121. The summed E-state index contributed by atoms with van der Waals surface area (Å²) in [6, 6.07) is 11.1. The van der Waals surface area contributed by atoms with E-state index in [0.717, 1.165) is 0 Å². The topological polar surface area (TPSA) is 119 Å². The van der Waals surface area contributed by atoms with Gasteiger partial charge in [-0.25, -0.2) is 8.42 Å². The zero-order valence-electron chi connectivity index (χ0n) is 18.7. The number of amides is 2. The molecule has 0 bridgehead atoms. The maximum absolute atomic E-state index is 13.0. The Morgan fingerprint density at radius 1 is 1.21 bits per heavy atom. The summed E-state index contributed by atoms with van der Waals surface area (Å²) in [4.78, 5) is 39.1. The first kappa shape index (κ1) is 24.2. The van der Waals surface area contributed by atoms with Gasteiger partial charge in [-0.2, -0.15) is 0 Å². The van der Waals surface area contributed by atoms with E-state index in [9.17, 15) is 22.8 Å². The standard InChI is InChI=1S/C23H26N2O7S/c1-4-11-25-18-12-16(9-10-20(18)32-13-22(25)27)23(28)15(2)33(29,30)14-21(26)24-17-7-5-6-8-19(17)31-3/h5-10,12,15H,4,11,13-14H2,1-3H3,(H,24,26). The molecule has 2 aromatic carbocycles. The highest BCUT2D eigenvalue weighted by atomic mass is 32.2. The molecule has 2 aromatic rings. The highest BCUT2D eigenvalue weighted by Crippen LogP contribution is 2.33. The van der Waals surface area contributed by atoms with Gasteiger partial charge >= 0.3 is 0 Å². The molecule has 0 saturated carbocycles. The summed E-state index contributed by atoms with van der Waals surface area (Å²) in [5, 5.41) is 1.04. The zero-order chi connectivity index (χ0) is 24.2. The van der Waals surface area contributed by atoms with Crippen LogP contribution in [0.15, 0.2) is 42.5 Å². The van der Waals surface area contributed by atoms with Crippen molar-refractivity contribution in [1.29, 1.82) is 0 Å². The Morgan fingerprint density at radius 2 is 1.94 bits per heavy atom. The molecule has 0 fully saturated rings. The molecule has 9 nitrogen and oxygen atoms in total. The lowest BCUT2D eigenvalue weighted by Gasteiger charge is -2.29. The Morgan fingerprint density at radius 3 is 2.64 bits per heavy atom. The van der Waals surface area contributed by atoms with Crippen LogP contribution in [0.1, 0.15) is 30.6 Å². The number of sulfone groups is 1. The third kappa shape index (κ3) is 5.33. The number of nitrogens with zero attached hydrogens (tertiary/aromatic N) is 1. The van der Waals surface area contributed by atoms with Crippen LogP contribution in [0, 0.1) is 0 Å². The average molecular weight is 475 g/mol. The van der Waals surface area contributed by atoms with Crippen LogP contribution in [0.5, 0.6) is 11.5 Å². The van der Waals surface area contributed by atoms with E-state index in [1.807, 2.05) is 6.92 Å². The van der Waals surface area contributed by atoms with Gasteiger partial charge in [0.2, 0.25) is 5.91 Å². The molecule has 10 heteroatoms. The summed E-state index contributed by atoms with van der Waals surface area (Å²) in [7, 11) is -2.68. The third-order valence-electron chi connectivity index (χ3n) is 5.25. The number of carbonyl (C=O) groups is 3. The van der Waals surface area contributed by atoms with Crippen molar-refractivity contribution in [2.45, 2.75) is 25.5 Å². The van der Waals surface area contributed by atoms with Crippen molar-refractivity contribution in [3.8, 4) is 11.5 Å². The highest BCUT2D eigenvalue weighted by Gasteiger charge is 2.33. The maximum atomic E-state index is 13.0. The molecule has 1 aliphatic rings. The Hall–Kier alpha value is -3.40. The second-order valence-electron chi connectivity index (χ2n) is 7.58. The fourth-order valence-corrected chi connectivity index (χ4v) is 4.61. The number of fused-ring (bicyclic) bond motifs is 1. The fraction of sp³-hybridized carbons (Fsp3) is 0.348. The number of ketones is 1. The number of benzene rings is 2. The first-order valence-electron chi connectivity index (χ1n) is 10.4. The number of anilines is 2. The number of hydrogen-bond donors (Lipinski definition) is 1. The summed E-state index contributed by atoms with van der Waals surface area (Å²) in [5.41, 5.74) is 0.876. The smallest absolute Gasteiger partial charge is 0.265 e. The molecule has 1 aliphatic heterocycles. The van der Waals surface area contributed by atoms with Crippen molar-refractivity contribution in [2.24, 2.45) is 0 Å². The molecule has 0 radical (unpaired) electrons. The van der Waals surface area contributed by atoms with Crippen molar-refractivity contribution >= 4 is 38.8 Å². The van der Waals surface area contributed by atoms with Crippen LogP contribution in [0.3, 0.4) is 0 Å². The average Bonchev–Trinajstić information content (AvgIpc) is 2.79. The van der Waals surface area contributed by atoms with E-state index in [0.29, 0.717) is 35.8 Å². The van der Waals surface area contributed by atoms with Gasteiger partial charge in [-0.3, -0.25) is 14.4 Å². The number of methoxy groups -OCH3 is 1. The minimum atomic E-state index is -4.12. The van der Waals surface area contributed by atoms with Gasteiger partial charge < -0.3 is 19.7 Å². The quantitative estimate of drug-likeness (QED) is 0.555. The number of rotatable bonds is 9. The van der Waals surface area contributed by atoms with Gasteiger partial charge in [0.05, 0.1) is 18.5 Å². The summed E-state index contributed by atoms with van der Waals surface area (Å²) < 4.78 is 36.2. The molecule has 176 valence electrons. The van der Waals surface area contributed by atoms with Gasteiger partial charge in [-0.1, -0.05) is 19.1 Å². The molecule has 1 atom stereocenters. The molecule has 0 spiro atoms.